The van der Waals surface area contributed by atoms with Crippen molar-refractivity contribution in [1.82, 2.24) is 5.32 Å². The van der Waals surface area contributed by atoms with Gasteiger partial charge in [0.15, 0.2) is 0 Å². The lowest BCUT2D eigenvalue weighted by atomic mass is 10.2. The number of carbonyl (C=O) groups excluding carboxylic acids is 1. The molecule has 0 spiro atoms. The summed E-state index contributed by atoms with van der Waals surface area (Å²) in [6, 6.07) is 5.92. The molecular formula is C13H19ClN2O. The summed E-state index contributed by atoms with van der Waals surface area (Å²) in [5.74, 6) is 0.0530. The molecule has 0 aromatic heterocycles. The van der Waals surface area contributed by atoms with E-state index < -0.39 is 0 Å². The van der Waals surface area contributed by atoms with Gasteiger partial charge in [-0.05, 0) is 32.4 Å². The molecule has 0 atom stereocenters. The van der Waals surface area contributed by atoms with E-state index in [0.29, 0.717) is 18.0 Å². The fourth-order valence-corrected chi connectivity index (χ4v) is 1.84. The summed E-state index contributed by atoms with van der Waals surface area (Å²) in [6.45, 7) is 6.47. The standard InChI is InChI=1S/C13H19ClN2O/c1-9(2)16-12(17)7-8-15-13-10(3)5-4-6-11(13)14/h4-6,9,15H,7-8H2,1-3H3,(H,16,17). The van der Waals surface area contributed by atoms with E-state index in [0.717, 1.165) is 11.3 Å². The molecule has 94 valence electrons. The van der Waals surface area contributed by atoms with Crippen LogP contribution in [-0.2, 0) is 4.79 Å². The molecule has 0 saturated heterocycles. The van der Waals surface area contributed by atoms with Crippen molar-refractivity contribution in [2.45, 2.75) is 33.2 Å². The number of anilines is 1. The highest BCUT2D eigenvalue weighted by Gasteiger charge is 2.05. The van der Waals surface area contributed by atoms with Crippen LogP contribution >= 0.6 is 11.6 Å². The molecule has 0 saturated carbocycles. The van der Waals surface area contributed by atoms with Crippen molar-refractivity contribution in [1.29, 1.82) is 0 Å². The average Bonchev–Trinajstić information content (AvgIpc) is 2.21. The van der Waals surface area contributed by atoms with Crippen LogP contribution in [0, 0.1) is 6.92 Å². The first-order chi connectivity index (χ1) is 8.00. The lowest BCUT2D eigenvalue weighted by molar-refractivity contribution is -0.121. The van der Waals surface area contributed by atoms with Crippen LogP contribution in [0.4, 0.5) is 5.69 Å². The van der Waals surface area contributed by atoms with Gasteiger partial charge in [-0.15, -0.1) is 0 Å². The van der Waals surface area contributed by atoms with Crippen LogP contribution in [0.3, 0.4) is 0 Å². The summed E-state index contributed by atoms with van der Waals surface area (Å²) in [5, 5.41) is 6.73. The Labute approximate surface area is 108 Å². The fraction of sp³-hybridized carbons (Fsp3) is 0.462. The molecule has 0 aliphatic rings. The van der Waals surface area contributed by atoms with E-state index in [4.69, 9.17) is 11.6 Å². The predicted octanol–water partition coefficient (Wildman–Crippen LogP) is 2.98. The molecule has 0 bridgehead atoms. The Morgan fingerprint density at radius 1 is 1.41 bits per heavy atom. The molecule has 0 fully saturated rings. The Bertz CT molecular complexity index is 371. The number of carbonyl (C=O) groups is 1. The van der Waals surface area contributed by atoms with Crippen molar-refractivity contribution < 1.29 is 4.79 Å². The molecule has 3 nitrogen and oxygen atoms in total. The Hall–Kier alpha value is -1.22. The Balaban J connectivity index is 2.43. The first-order valence-electron chi connectivity index (χ1n) is 5.79. The third kappa shape index (κ3) is 4.65. The van der Waals surface area contributed by atoms with E-state index in [9.17, 15) is 4.79 Å². The highest BCUT2D eigenvalue weighted by molar-refractivity contribution is 6.33. The summed E-state index contributed by atoms with van der Waals surface area (Å²) in [7, 11) is 0. The SMILES string of the molecule is Cc1cccc(Cl)c1NCCC(=O)NC(C)C. The van der Waals surface area contributed by atoms with Gasteiger partial charge in [-0.3, -0.25) is 4.79 Å². The number of hydrogen-bond acceptors (Lipinski definition) is 2. The topological polar surface area (TPSA) is 41.1 Å². The van der Waals surface area contributed by atoms with Crippen molar-refractivity contribution in [2.24, 2.45) is 0 Å². The van der Waals surface area contributed by atoms with Gasteiger partial charge in [-0.25, -0.2) is 0 Å². The van der Waals surface area contributed by atoms with Crippen molar-refractivity contribution in [3.8, 4) is 0 Å². The van der Waals surface area contributed by atoms with Gasteiger partial charge >= 0.3 is 0 Å². The second-order valence-corrected chi connectivity index (χ2v) is 4.74. The van der Waals surface area contributed by atoms with Crippen LogP contribution < -0.4 is 10.6 Å². The molecule has 2 N–H and O–H groups in total. The summed E-state index contributed by atoms with van der Waals surface area (Å²) >= 11 is 6.07. The third-order valence-electron chi connectivity index (χ3n) is 2.33. The molecule has 1 rings (SSSR count). The summed E-state index contributed by atoms with van der Waals surface area (Å²) in [6.07, 6.45) is 0.447. The first kappa shape index (κ1) is 13.8. The number of hydrogen-bond donors (Lipinski definition) is 2. The van der Waals surface area contributed by atoms with Crippen LogP contribution in [0.1, 0.15) is 25.8 Å². The van der Waals surface area contributed by atoms with Gasteiger partial charge in [0.2, 0.25) is 5.91 Å². The van der Waals surface area contributed by atoms with Gasteiger partial charge in [0.25, 0.3) is 0 Å². The minimum absolute atomic E-state index is 0.0530. The van der Waals surface area contributed by atoms with Crippen LogP contribution in [0.25, 0.3) is 0 Å². The van der Waals surface area contributed by atoms with Crippen molar-refractivity contribution >= 4 is 23.2 Å². The molecule has 4 heteroatoms. The monoisotopic (exact) mass is 254 g/mol. The maximum atomic E-state index is 11.4. The zero-order valence-corrected chi connectivity index (χ0v) is 11.3. The lowest BCUT2D eigenvalue weighted by Crippen LogP contribution is -2.31. The van der Waals surface area contributed by atoms with Crippen molar-refractivity contribution in [3.05, 3.63) is 28.8 Å². The number of aryl methyl sites for hydroxylation is 1. The van der Waals surface area contributed by atoms with Crippen molar-refractivity contribution in [3.63, 3.8) is 0 Å². The second-order valence-electron chi connectivity index (χ2n) is 4.33. The largest absolute Gasteiger partial charge is 0.383 e. The zero-order chi connectivity index (χ0) is 12.8. The molecule has 0 heterocycles. The minimum Gasteiger partial charge on any atom is -0.383 e. The van der Waals surface area contributed by atoms with E-state index in [-0.39, 0.29) is 11.9 Å². The van der Waals surface area contributed by atoms with Gasteiger partial charge in [-0.1, -0.05) is 23.7 Å². The zero-order valence-electron chi connectivity index (χ0n) is 10.5. The molecule has 0 unspecified atom stereocenters. The lowest BCUT2D eigenvalue weighted by Gasteiger charge is -2.12. The van der Waals surface area contributed by atoms with E-state index >= 15 is 0 Å². The summed E-state index contributed by atoms with van der Waals surface area (Å²) in [5.41, 5.74) is 1.99. The normalized spacial score (nSPS) is 10.4. The van der Waals surface area contributed by atoms with Crippen molar-refractivity contribution in [2.75, 3.05) is 11.9 Å². The van der Waals surface area contributed by atoms with Gasteiger partial charge in [-0.2, -0.15) is 0 Å². The summed E-state index contributed by atoms with van der Waals surface area (Å²) in [4.78, 5) is 11.4. The van der Waals surface area contributed by atoms with Crippen LogP contribution in [0.5, 0.6) is 0 Å². The number of halogens is 1. The highest BCUT2D eigenvalue weighted by Crippen LogP contribution is 2.24. The number of nitrogens with one attached hydrogen (secondary N) is 2. The van der Waals surface area contributed by atoms with E-state index in [1.54, 1.807) is 0 Å². The number of amides is 1. The molecule has 0 aliphatic heterocycles. The van der Waals surface area contributed by atoms with Gasteiger partial charge in [0, 0.05) is 19.0 Å². The first-order valence-corrected chi connectivity index (χ1v) is 6.17. The molecule has 1 aromatic carbocycles. The molecule has 0 radical (unpaired) electrons. The van der Waals surface area contributed by atoms with Gasteiger partial charge < -0.3 is 10.6 Å². The van der Waals surface area contributed by atoms with Crippen LogP contribution in [-0.4, -0.2) is 18.5 Å². The van der Waals surface area contributed by atoms with E-state index in [2.05, 4.69) is 10.6 Å². The van der Waals surface area contributed by atoms with Crippen LogP contribution in [0.2, 0.25) is 5.02 Å². The fourth-order valence-electron chi connectivity index (χ4n) is 1.55. The van der Waals surface area contributed by atoms with E-state index in [1.807, 2.05) is 39.0 Å². The Morgan fingerprint density at radius 3 is 2.71 bits per heavy atom. The predicted molar refractivity (Wildman–Crippen MR) is 72.6 cm³/mol. The number of rotatable bonds is 5. The maximum absolute atomic E-state index is 11.4. The molecule has 0 aliphatic carbocycles. The van der Waals surface area contributed by atoms with Gasteiger partial charge in [0.05, 0.1) is 10.7 Å². The van der Waals surface area contributed by atoms with E-state index in [1.165, 1.54) is 0 Å². The minimum atomic E-state index is 0.0530. The third-order valence-corrected chi connectivity index (χ3v) is 2.64. The molecule has 17 heavy (non-hydrogen) atoms. The Kier molecular flexibility index (Phi) is 5.29. The smallest absolute Gasteiger partial charge is 0.221 e. The Morgan fingerprint density at radius 2 is 2.12 bits per heavy atom. The quantitative estimate of drug-likeness (QED) is 0.848. The average molecular weight is 255 g/mol. The highest BCUT2D eigenvalue weighted by atomic mass is 35.5. The maximum Gasteiger partial charge on any atom is 0.221 e. The second kappa shape index (κ2) is 6.50. The molecular weight excluding hydrogens is 236 g/mol. The van der Waals surface area contributed by atoms with Crippen LogP contribution in [0.15, 0.2) is 18.2 Å². The molecule has 1 amide bonds. The van der Waals surface area contributed by atoms with Gasteiger partial charge in [0.1, 0.15) is 0 Å². The number of benzene rings is 1. The molecule has 1 aromatic rings. The number of para-hydroxylation sites is 1. The summed E-state index contributed by atoms with van der Waals surface area (Å²) < 4.78 is 0.